The molecule has 1 aliphatic carbocycles. The van der Waals surface area contributed by atoms with Gasteiger partial charge in [-0.05, 0) is 45.1 Å². The zero-order valence-corrected chi connectivity index (χ0v) is 13.5. The van der Waals surface area contributed by atoms with Crippen molar-refractivity contribution in [2.75, 3.05) is 26.8 Å². The molecule has 1 rings (SSSR count). The molecule has 0 unspecified atom stereocenters. The zero-order valence-electron chi connectivity index (χ0n) is 13.5. The molecule has 1 fully saturated rings. The lowest BCUT2D eigenvalue weighted by Crippen LogP contribution is -2.48. The van der Waals surface area contributed by atoms with Crippen LogP contribution in [0.5, 0.6) is 0 Å². The summed E-state index contributed by atoms with van der Waals surface area (Å²) in [7, 11) is 1.81. The van der Waals surface area contributed by atoms with Gasteiger partial charge in [0.25, 0.3) is 0 Å². The normalized spacial score (nSPS) is 24.3. The van der Waals surface area contributed by atoms with Crippen molar-refractivity contribution in [3.8, 4) is 0 Å². The monoisotopic (exact) mass is 270 g/mol. The summed E-state index contributed by atoms with van der Waals surface area (Å²) in [5.74, 6) is 0. The molecule has 3 heteroatoms. The van der Waals surface area contributed by atoms with Gasteiger partial charge in [0.15, 0.2) is 0 Å². The number of ether oxygens (including phenoxy) is 1. The summed E-state index contributed by atoms with van der Waals surface area (Å²) in [4.78, 5) is 2.73. The maximum atomic E-state index is 5.31. The fourth-order valence-corrected chi connectivity index (χ4v) is 3.52. The lowest BCUT2D eigenvalue weighted by Gasteiger charge is -2.41. The molecule has 0 aliphatic heterocycles. The van der Waals surface area contributed by atoms with E-state index in [1.54, 1.807) is 0 Å². The molecular weight excluding hydrogens is 236 g/mol. The Labute approximate surface area is 120 Å². The Kier molecular flexibility index (Phi) is 8.67. The van der Waals surface area contributed by atoms with Gasteiger partial charge in [-0.1, -0.05) is 20.8 Å². The molecule has 0 aromatic rings. The first-order valence-corrected chi connectivity index (χ1v) is 8.24. The van der Waals surface area contributed by atoms with E-state index in [2.05, 4.69) is 31.0 Å². The molecular formula is C16H34N2O. The summed E-state index contributed by atoms with van der Waals surface area (Å²) in [6, 6.07) is 2.26. The molecule has 19 heavy (non-hydrogen) atoms. The zero-order chi connectivity index (χ0) is 14.1. The maximum absolute atomic E-state index is 5.31. The van der Waals surface area contributed by atoms with Crippen LogP contribution >= 0.6 is 0 Å². The molecule has 0 spiro atoms. The fraction of sp³-hybridized carbons (Fsp3) is 1.00. The van der Waals surface area contributed by atoms with Gasteiger partial charge in [-0.25, -0.2) is 0 Å². The minimum absolute atomic E-state index is 0.732. The first-order valence-electron chi connectivity index (χ1n) is 8.24. The van der Waals surface area contributed by atoms with Gasteiger partial charge in [-0.15, -0.1) is 0 Å². The second-order valence-electron chi connectivity index (χ2n) is 5.76. The molecule has 0 aromatic carbocycles. The van der Waals surface area contributed by atoms with Gasteiger partial charge in [-0.2, -0.15) is 0 Å². The molecule has 0 atom stereocenters. The van der Waals surface area contributed by atoms with E-state index in [-0.39, 0.29) is 0 Å². The number of nitrogens with one attached hydrogen (secondary N) is 1. The quantitative estimate of drug-likeness (QED) is 0.697. The number of rotatable bonds is 9. The van der Waals surface area contributed by atoms with Crippen molar-refractivity contribution in [2.45, 2.75) is 77.4 Å². The van der Waals surface area contributed by atoms with Gasteiger partial charge in [0, 0.05) is 31.8 Å². The number of nitrogens with zero attached hydrogens (tertiary/aromatic N) is 1. The molecule has 114 valence electrons. The Morgan fingerprint density at radius 1 is 1.11 bits per heavy atom. The predicted octanol–water partition coefficient (Wildman–Crippen LogP) is 3.04. The van der Waals surface area contributed by atoms with Gasteiger partial charge in [0.05, 0.1) is 6.61 Å². The van der Waals surface area contributed by atoms with E-state index in [1.165, 1.54) is 38.5 Å². The maximum Gasteiger partial charge on any atom is 0.0589 e. The van der Waals surface area contributed by atoms with Crippen LogP contribution in [0.4, 0.5) is 0 Å². The molecule has 0 amide bonds. The van der Waals surface area contributed by atoms with Gasteiger partial charge in [0.1, 0.15) is 0 Å². The van der Waals surface area contributed by atoms with E-state index >= 15 is 0 Å². The number of hydrogen-bond acceptors (Lipinski definition) is 3. The molecule has 1 N–H and O–H groups in total. The van der Waals surface area contributed by atoms with Crippen molar-refractivity contribution in [1.29, 1.82) is 0 Å². The van der Waals surface area contributed by atoms with Crippen LogP contribution < -0.4 is 5.32 Å². The van der Waals surface area contributed by atoms with Crippen LogP contribution in [-0.2, 0) is 4.74 Å². The Bertz CT molecular complexity index is 211. The van der Waals surface area contributed by atoms with Crippen molar-refractivity contribution < 1.29 is 4.74 Å². The van der Waals surface area contributed by atoms with Crippen molar-refractivity contribution in [2.24, 2.45) is 0 Å². The van der Waals surface area contributed by atoms with Crippen molar-refractivity contribution in [3.63, 3.8) is 0 Å². The van der Waals surface area contributed by atoms with Gasteiger partial charge in [0.2, 0.25) is 0 Å². The summed E-state index contributed by atoms with van der Waals surface area (Å²) in [5, 5.41) is 3.60. The van der Waals surface area contributed by atoms with E-state index in [4.69, 9.17) is 4.74 Å². The largest absolute Gasteiger partial charge is 0.383 e. The Morgan fingerprint density at radius 3 is 2.21 bits per heavy atom. The smallest absolute Gasteiger partial charge is 0.0589 e. The minimum Gasteiger partial charge on any atom is -0.383 e. The summed E-state index contributed by atoms with van der Waals surface area (Å²) in [5.41, 5.74) is 0. The van der Waals surface area contributed by atoms with Gasteiger partial charge >= 0.3 is 0 Å². The van der Waals surface area contributed by atoms with Crippen molar-refractivity contribution >= 4 is 0 Å². The summed E-state index contributed by atoms with van der Waals surface area (Å²) in [6.45, 7) is 9.91. The first-order chi connectivity index (χ1) is 9.26. The summed E-state index contributed by atoms with van der Waals surface area (Å²) < 4.78 is 5.31. The van der Waals surface area contributed by atoms with Crippen LogP contribution in [0.1, 0.15) is 59.3 Å². The molecule has 1 aliphatic rings. The highest BCUT2D eigenvalue weighted by Crippen LogP contribution is 2.26. The van der Waals surface area contributed by atoms with Crippen LogP contribution in [0.3, 0.4) is 0 Å². The van der Waals surface area contributed by atoms with Crippen molar-refractivity contribution in [3.05, 3.63) is 0 Å². The minimum atomic E-state index is 0.732. The second kappa shape index (κ2) is 9.73. The Hall–Kier alpha value is -0.120. The van der Waals surface area contributed by atoms with E-state index in [0.29, 0.717) is 0 Å². The average Bonchev–Trinajstić information content (AvgIpc) is 2.45. The van der Waals surface area contributed by atoms with E-state index in [0.717, 1.165) is 37.8 Å². The Balaban J connectivity index is 2.51. The van der Waals surface area contributed by atoms with Crippen LogP contribution in [0.25, 0.3) is 0 Å². The van der Waals surface area contributed by atoms with Crippen LogP contribution in [-0.4, -0.2) is 49.8 Å². The Morgan fingerprint density at radius 2 is 1.74 bits per heavy atom. The van der Waals surface area contributed by atoms with E-state index < -0.39 is 0 Å². The highest BCUT2D eigenvalue weighted by molar-refractivity contribution is 4.85. The highest BCUT2D eigenvalue weighted by atomic mass is 16.5. The van der Waals surface area contributed by atoms with Crippen molar-refractivity contribution in [1.82, 2.24) is 10.2 Å². The third-order valence-electron chi connectivity index (χ3n) is 4.62. The topological polar surface area (TPSA) is 24.5 Å². The fourth-order valence-electron chi connectivity index (χ4n) is 3.52. The van der Waals surface area contributed by atoms with Crippen LogP contribution in [0.2, 0.25) is 0 Å². The summed E-state index contributed by atoms with van der Waals surface area (Å²) >= 11 is 0. The van der Waals surface area contributed by atoms with E-state index in [9.17, 15) is 0 Å². The van der Waals surface area contributed by atoms with Gasteiger partial charge in [-0.3, -0.25) is 4.90 Å². The molecule has 0 heterocycles. The van der Waals surface area contributed by atoms with Crippen LogP contribution in [0, 0.1) is 0 Å². The average molecular weight is 270 g/mol. The standard InChI is InChI=1S/C16H34N2O/c1-5-15(6-2)18(12-13-19-4)16-10-8-14(9-11-16)17-7-3/h14-17H,5-13H2,1-4H3. The highest BCUT2D eigenvalue weighted by Gasteiger charge is 2.28. The molecule has 0 radical (unpaired) electrons. The molecule has 0 bridgehead atoms. The molecule has 0 saturated heterocycles. The van der Waals surface area contributed by atoms with E-state index in [1.807, 2.05) is 7.11 Å². The molecule has 1 saturated carbocycles. The predicted molar refractivity (Wildman–Crippen MR) is 82.7 cm³/mol. The third-order valence-corrected chi connectivity index (χ3v) is 4.62. The number of methoxy groups -OCH3 is 1. The number of hydrogen-bond donors (Lipinski definition) is 1. The molecule has 3 nitrogen and oxygen atoms in total. The first kappa shape index (κ1) is 16.9. The van der Waals surface area contributed by atoms with Crippen LogP contribution in [0.15, 0.2) is 0 Å². The lowest BCUT2D eigenvalue weighted by atomic mass is 9.89. The third kappa shape index (κ3) is 5.41. The summed E-state index contributed by atoms with van der Waals surface area (Å²) in [6.07, 6.45) is 7.88. The lowest BCUT2D eigenvalue weighted by molar-refractivity contribution is 0.0586. The second-order valence-corrected chi connectivity index (χ2v) is 5.76. The SMILES string of the molecule is CCNC1CCC(N(CCOC)C(CC)CC)CC1. The van der Waals surface area contributed by atoms with Gasteiger partial charge < -0.3 is 10.1 Å². The molecule has 0 aromatic heterocycles.